The molecule has 2 aromatic heterocycles. The molecule has 0 aliphatic carbocycles. The maximum atomic E-state index is 12.4. The van der Waals surface area contributed by atoms with Gasteiger partial charge in [-0.1, -0.05) is 6.42 Å². The summed E-state index contributed by atoms with van der Waals surface area (Å²) >= 11 is 0. The molecule has 28 heavy (non-hydrogen) atoms. The molecular weight excluding hydrogens is 356 g/mol. The molecule has 2 aliphatic heterocycles. The molecule has 0 aromatic carbocycles. The summed E-state index contributed by atoms with van der Waals surface area (Å²) in [5, 5.41) is 3.07. The fraction of sp³-hybridized carbons (Fsp3) is 0.500. The molecule has 4 heterocycles. The summed E-state index contributed by atoms with van der Waals surface area (Å²) in [7, 11) is 0. The third-order valence-corrected chi connectivity index (χ3v) is 5.36. The van der Waals surface area contributed by atoms with Crippen LogP contribution in [0.15, 0.2) is 30.6 Å². The molecule has 0 radical (unpaired) electrons. The number of hydrogen-bond donors (Lipinski definition) is 2. The average molecular weight is 382 g/mol. The van der Waals surface area contributed by atoms with Crippen LogP contribution in [0, 0.1) is 0 Å². The van der Waals surface area contributed by atoms with E-state index >= 15 is 0 Å². The van der Waals surface area contributed by atoms with Crippen molar-refractivity contribution in [3.05, 3.63) is 30.6 Å². The SMILES string of the molecule is O=C(CN1CCCCCC1=O)NC1CCN(c2nccc(-c3ccc[nH]3)n2)C1. The molecule has 1 atom stereocenters. The van der Waals surface area contributed by atoms with Crippen molar-refractivity contribution in [1.82, 2.24) is 25.2 Å². The largest absolute Gasteiger partial charge is 0.360 e. The minimum absolute atomic E-state index is 0.0484. The van der Waals surface area contributed by atoms with E-state index in [1.165, 1.54) is 0 Å². The molecule has 4 rings (SSSR count). The van der Waals surface area contributed by atoms with E-state index < -0.39 is 0 Å². The molecule has 0 spiro atoms. The van der Waals surface area contributed by atoms with Gasteiger partial charge in [-0.3, -0.25) is 9.59 Å². The highest BCUT2D eigenvalue weighted by molar-refractivity contribution is 5.85. The third-order valence-electron chi connectivity index (χ3n) is 5.36. The highest BCUT2D eigenvalue weighted by atomic mass is 16.2. The van der Waals surface area contributed by atoms with Gasteiger partial charge >= 0.3 is 0 Å². The molecule has 1 unspecified atom stereocenters. The molecule has 2 amide bonds. The van der Waals surface area contributed by atoms with Gasteiger partial charge in [0.15, 0.2) is 0 Å². The number of aromatic amines is 1. The number of nitrogens with one attached hydrogen (secondary N) is 2. The number of amides is 2. The molecule has 0 bridgehead atoms. The summed E-state index contributed by atoms with van der Waals surface area (Å²) in [4.78, 5) is 40.5. The van der Waals surface area contributed by atoms with E-state index in [1.54, 1.807) is 11.1 Å². The van der Waals surface area contributed by atoms with Gasteiger partial charge in [0.2, 0.25) is 17.8 Å². The van der Waals surface area contributed by atoms with Crippen molar-refractivity contribution in [2.24, 2.45) is 0 Å². The molecule has 2 saturated heterocycles. The lowest BCUT2D eigenvalue weighted by Gasteiger charge is -2.21. The minimum atomic E-state index is -0.0804. The fourth-order valence-electron chi connectivity index (χ4n) is 3.85. The van der Waals surface area contributed by atoms with Crippen molar-refractivity contribution >= 4 is 17.8 Å². The second-order valence-corrected chi connectivity index (χ2v) is 7.45. The van der Waals surface area contributed by atoms with Gasteiger partial charge in [-0.05, 0) is 37.5 Å². The maximum Gasteiger partial charge on any atom is 0.239 e. The van der Waals surface area contributed by atoms with Gasteiger partial charge in [0.1, 0.15) is 0 Å². The molecule has 8 heteroatoms. The van der Waals surface area contributed by atoms with Crippen LogP contribution in [-0.2, 0) is 9.59 Å². The fourth-order valence-corrected chi connectivity index (χ4v) is 3.85. The number of hydrogen-bond acceptors (Lipinski definition) is 5. The van der Waals surface area contributed by atoms with Crippen molar-refractivity contribution in [3.8, 4) is 11.4 Å². The number of aromatic nitrogens is 3. The Kier molecular flexibility index (Phi) is 5.55. The first-order valence-corrected chi connectivity index (χ1v) is 9.98. The molecular formula is C20H26N6O2. The van der Waals surface area contributed by atoms with E-state index in [2.05, 4.69) is 25.2 Å². The smallest absolute Gasteiger partial charge is 0.239 e. The first kappa shape index (κ1) is 18.5. The van der Waals surface area contributed by atoms with E-state index in [9.17, 15) is 9.59 Å². The van der Waals surface area contributed by atoms with Crippen molar-refractivity contribution in [3.63, 3.8) is 0 Å². The van der Waals surface area contributed by atoms with Crippen molar-refractivity contribution in [2.45, 2.75) is 38.1 Å². The topological polar surface area (TPSA) is 94.2 Å². The van der Waals surface area contributed by atoms with Crippen LogP contribution in [0.4, 0.5) is 5.95 Å². The van der Waals surface area contributed by atoms with Crippen LogP contribution in [0.1, 0.15) is 32.1 Å². The first-order valence-electron chi connectivity index (χ1n) is 9.98. The lowest BCUT2D eigenvalue weighted by atomic mass is 10.2. The van der Waals surface area contributed by atoms with Crippen molar-refractivity contribution in [2.75, 3.05) is 31.1 Å². The van der Waals surface area contributed by atoms with Gasteiger partial charge in [-0.15, -0.1) is 0 Å². The summed E-state index contributed by atoms with van der Waals surface area (Å²) in [6.45, 7) is 2.31. The Morgan fingerprint density at radius 1 is 1.25 bits per heavy atom. The predicted octanol–water partition coefficient (Wildman–Crippen LogP) is 1.57. The van der Waals surface area contributed by atoms with Gasteiger partial charge in [-0.2, -0.15) is 0 Å². The number of carbonyl (C=O) groups is 2. The predicted molar refractivity (Wildman–Crippen MR) is 106 cm³/mol. The first-order chi connectivity index (χ1) is 13.7. The Morgan fingerprint density at radius 2 is 2.18 bits per heavy atom. The molecule has 0 saturated carbocycles. The van der Waals surface area contributed by atoms with E-state index in [1.807, 2.05) is 24.4 Å². The van der Waals surface area contributed by atoms with E-state index in [4.69, 9.17) is 0 Å². The Morgan fingerprint density at radius 3 is 3.04 bits per heavy atom. The van der Waals surface area contributed by atoms with Gasteiger partial charge < -0.3 is 20.1 Å². The zero-order valence-electron chi connectivity index (χ0n) is 15.9. The second-order valence-electron chi connectivity index (χ2n) is 7.45. The van der Waals surface area contributed by atoms with E-state index in [0.29, 0.717) is 25.5 Å². The monoisotopic (exact) mass is 382 g/mol. The number of anilines is 1. The van der Waals surface area contributed by atoms with Crippen LogP contribution in [0.5, 0.6) is 0 Å². The number of carbonyl (C=O) groups excluding carboxylic acids is 2. The summed E-state index contributed by atoms with van der Waals surface area (Å²) in [6, 6.07) is 5.84. The second kappa shape index (κ2) is 8.41. The summed E-state index contributed by atoms with van der Waals surface area (Å²) < 4.78 is 0. The maximum absolute atomic E-state index is 12.4. The van der Waals surface area contributed by atoms with Crippen LogP contribution in [0.3, 0.4) is 0 Å². The zero-order chi connectivity index (χ0) is 19.3. The van der Waals surface area contributed by atoms with Crippen molar-refractivity contribution < 1.29 is 9.59 Å². The summed E-state index contributed by atoms with van der Waals surface area (Å²) in [5.74, 6) is 0.685. The van der Waals surface area contributed by atoms with E-state index in [-0.39, 0.29) is 24.4 Å². The Labute approximate surface area is 164 Å². The molecule has 2 aromatic rings. The lowest BCUT2D eigenvalue weighted by Crippen LogP contribution is -2.45. The van der Waals surface area contributed by atoms with Crippen LogP contribution >= 0.6 is 0 Å². The van der Waals surface area contributed by atoms with Gasteiger partial charge in [0, 0.05) is 44.5 Å². The third kappa shape index (κ3) is 4.32. The Bertz CT molecular complexity index is 822. The summed E-state index contributed by atoms with van der Waals surface area (Å²) in [6.07, 6.45) is 7.99. The zero-order valence-corrected chi connectivity index (χ0v) is 15.9. The van der Waals surface area contributed by atoms with Gasteiger partial charge in [0.05, 0.1) is 17.9 Å². The number of nitrogens with zero attached hydrogens (tertiary/aromatic N) is 4. The Hall–Kier alpha value is -2.90. The van der Waals surface area contributed by atoms with Crippen LogP contribution in [0.2, 0.25) is 0 Å². The van der Waals surface area contributed by atoms with Crippen LogP contribution < -0.4 is 10.2 Å². The van der Waals surface area contributed by atoms with Gasteiger partial charge in [-0.25, -0.2) is 9.97 Å². The van der Waals surface area contributed by atoms with Crippen LogP contribution in [-0.4, -0.2) is 63.9 Å². The molecule has 2 fully saturated rings. The molecule has 2 N–H and O–H groups in total. The standard InChI is InChI=1S/C20H26N6O2/c27-18(14-25-11-3-1-2-6-19(25)28)23-15-8-12-26(13-15)20-22-10-7-17(24-20)16-5-4-9-21-16/h4-5,7,9-10,15,21H,1-3,6,8,11-14H2,(H,23,27). The molecule has 2 aliphatic rings. The van der Waals surface area contributed by atoms with Crippen molar-refractivity contribution in [1.29, 1.82) is 0 Å². The minimum Gasteiger partial charge on any atom is -0.360 e. The van der Waals surface area contributed by atoms with Crippen LogP contribution in [0.25, 0.3) is 11.4 Å². The van der Waals surface area contributed by atoms with Gasteiger partial charge in [0.25, 0.3) is 0 Å². The van der Waals surface area contributed by atoms with E-state index in [0.717, 1.165) is 43.6 Å². The highest BCUT2D eigenvalue weighted by Gasteiger charge is 2.27. The number of H-pyrrole nitrogens is 1. The lowest BCUT2D eigenvalue weighted by molar-refractivity contribution is -0.135. The summed E-state index contributed by atoms with van der Waals surface area (Å²) in [5.41, 5.74) is 1.80. The number of likely N-dealkylation sites (tertiary alicyclic amines) is 1. The highest BCUT2D eigenvalue weighted by Crippen LogP contribution is 2.20. The average Bonchev–Trinajstić information content (AvgIpc) is 3.35. The quantitative estimate of drug-likeness (QED) is 0.819. The Balaban J connectivity index is 1.32. The molecule has 148 valence electrons. The number of rotatable bonds is 5. The normalized spacial score (nSPS) is 20.3. The molecule has 8 nitrogen and oxygen atoms in total.